The molecule has 0 aromatic heterocycles. The Bertz CT molecular complexity index is 525. The van der Waals surface area contributed by atoms with Gasteiger partial charge in [0.25, 0.3) is 0 Å². The van der Waals surface area contributed by atoms with E-state index in [0.717, 1.165) is 24.3 Å². The van der Waals surface area contributed by atoms with E-state index in [0.29, 0.717) is 12.0 Å². The highest BCUT2D eigenvalue weighted by Crippen LogP contribution is 2.43. The van der Waals surface area contributed by atoms with Crippen molar-refractivity contribution in [2.45, 2.75) is 49.9 Å². The van der Waals surface area contributed by atoms with Crippen molar-refractivity contribution in [2.75, 3.05) is 5.75 Å². The van der Waals surface area contributed by atoms with Crippen LogP contribution in [0.5, 0.6) is 0 Å². The SMILES string of the molecule is Cc1ccccc1CSCC(NC1CC1)(C(N)=O)C1CC1. The molecular weight excluding hydrogens is 280 g/mol. The Morgan fingerprint density at radius 3 is 2.62 bits per heavy atom. The van der Waals surface area contributed by atoms with Crippen molar-refractivity contribution < 1.29 is 4.79 Å². The largest absolute Gasteiger partial charge is 0.368 e. The predicted molar refractivity (Wildman–Crippen MR) is 88.1 cm³/mol. The number of benzene rings is 1. The van der Waals surface area contributed by atoms with Gasteiger partial charge in [-0.3, -0.25) is 10.1 Å². The number of aryl methyl sites for hydroxylation is 1. The molecule has 3 N–H and O–H groups in total. The molecule has 2 fully saturated rings. The summed E-state index contributed by atoms with van der Waals surface area (Å²) in [6.45, 7) is 2.14. The van der Waals surface area contributed by atoms with E-state index in [9.17, 15) is 4.79 Å². The lowest BCUT2D eigenvalue weighted by molar-refractivity contribution is -0.124. The molecule has 0 bridgehead atoms. The van der Waals surface area contributed by atoms with E-state index in [1.165, 1.54) is 24.0 Å². The number of carbonyl (C=O) groups excluding carboxylic acids is 1. The van der Waals surface area contributed by atoms with E-state index in [1.807, 2.05) is 11.8 Å². The van der Waals surface area contributed by atoms with Crippen molar-refractivity contribution in [3.8, 4) is 0 Å². The monoisotopic (exact) mass is 304 g/mol. The zero-order chi connectivity index (χ0) is 14.9. The van der Waals surface area contributed by atoms with Crippen molar-refractivity contribution in [1.82, 2.24) is 5.32 Å². The Hall–Kier alpha value is -1.00. The summed E-state index contributed by atoms with van der Waals surface area (Å²) >= 11 is 1.83. The van der Waals surface area contributed by atoms with Crippen LogP contribution in [0, 0.1) is 12.8 Å². The second kappa shape index (κ2) is 6.01. The zero-order valence-electron chi connectivity index (χ0n) is 12.6. The summed E-state index contributed by atoms with van der Waals surface area (Å²) in [6.07, 6.45) is 4.63. The summed E-state index contributed by atoms with van der Waals surface area (Å²) in [6, 6.07) is 8.96. The standard InChI is InChI=1S/C17H24N2OS/c1-12-4-2-3-5-13(12)10-21-11-17(16(18)20,14-6-7-14)19-15-8-9-15/h2-5,14-15,19H,6-11H2,1H3,(H2,18,20). The molecule has 2 aliphatic carbocycles. The van der Waals surface area contributed by atoms with E-state index >= 15 is 0 Å². The molecule has 1 atom stereocenters. The normalized spacial score (nSPS) is 21.0. The fourth-order valence-electron chi connectivity index (χ4n) is 2.88. The summed E-state index contributed by atoms with van der Waals surface area (Å²) < 4.78 is 0. The molecular formula is C17H24N2OS. The highest BCUT2D eigenvalue weighted by Gasteiger charge is 2.51. The van der Waals surface area contributed by atoms with Crippen molar-refractivity contribution in [3.05, 3.63) is 35.4 Å². The molecule has 0 spiro atoms. The molecule has 0 aliphatic heterocycles. The topological polar surface area (TPSA) is 55.1 Å². The average Bonchev–Trinajstić information content (AvgIpc) is 3.33. The van der Waals surface area contributed by atoms with Gasteiger partial charge in [-0.1, -0.05) is 24.3 Å². The Balaban J connectivity index is 1.64. The van der Waals surface area contributed by atoms with Gasteiger partial charge in [0.15, 0.2) is 0 Å². The van der Waals surface area contributed by atoms with Crippen LogP contribution >= 0.6 is 11.8 Å². The van der Waals surface area contributed by atoms with Gasteiger partial charge in [0, 0.05) is 17.5 Å². The molecule has 0 radical (unpaired) electrons. The van der Waals surface area contributed by atoms with Crippen LogP contribution in [-0.4, -0.2) is 23.2 Å². The summed E-state index contributed by atoms with van der Waals surface area (Å²) in [5, 5.41) is 3.57. The summed E-state index contributed by atoms with van der Waals surface area (Å²) in [4.78, 5) is 12.1. The number of nitrogens with one attached hydrogen (secondary N) is 1. The van der Waals surface area contributed by atoms with Crippen LogP contribution in [0.3, 0.4) is 0 Å². The third-order valence-corrected chi connectivity index (χ3v) is 5.78. The van der Waals surface area contributed by atoms with Gasteiger partial charge in [0.2, 0.25) is 5.91 Å². The lowest BCUT2D eigenvalue weighted by Gasteiger charge is -2.32. The molecule has 0 saturated heterocycles. The van der Waals surface area contributed by atoms with E-state index < -0.39 is 5.54 Å². The molecule has 3 nitrogen and oxygen atoms in total. The van der Waals surface area contributed by atoms with Crippen LogP contribution in [0.2, 0.25) is 0 Å². The Kier molecular flexibility index (Phi) is 4.27. The van der Waals surface area contributed by atoms with E-state index in [-0.39, 0.29) is 5.91 Å². The number of nitrogens with two attached hydrogens (primary N) is 1. The third kappa shape index (κ3) is 3.43. The number of rotatable bonds is 8. The summed E-state index contributed by atoms with van der Waals surface area (Å²) in [5.74, 6) is 2.02. The third-order valence-electron chi connectivity index (χ3n) is 4.60. The highest BCUT2D eigenvalue weighted by molar-refractivity contribution is 7.98. The van der Waals surface area contributed by atoms with Gasteiger partial charge in [-0.25, -0.2) is 0 Å². The van der Waals surface area contributed by atoms with Gasteiger partial charge >= 0.3 is 0 Å². The first-order valence-electron chi connectivity index (χ1n) is 7.81. The van der Waals surface area contributed by atoms with Crippen LogP contribution in [0.1, 0.15) is 36.8 Å². The van der Waals surface area contributed by atoms with Crippen LogP contribution < -0.4 is 11.1 Å². The second-order valence-electron chi connectivity index (χ2n) is 6.45. The summed E-state index contributed by atoms with van der Waals surface area (Å²) in [7, 11) is 0. The molecule has 0 heterocycles. The van der Waals surface area contributed by atoms with Gasteiger partial charge in [0.1, 0.15) is 5.54 Å². The first-order chi connectivity index (χ1) is 10.1. The zero-order valence-corrected chi connectivity index (χ0v) is 13.4. The number of thioether (sulfide) groups is 1. The van der Waals surface area contributed by atoms with Crippen LogP contribution in [0.15, 0.2) is 24.3 Å². The van der Waals surface area contributed by atoms with Gasteiger partial charge in [-0.15, -0.1) is 0 Å². The molecule has 1 aromatic carbocycles. The van der Waals surface area contributed by atoms with Gasteiger partial charge < -0.3 is 5.73 Å². The van der Waals surface area contributed by atoms with Crippen molar-refractivity contribution in [3.63, 3.8) is 0 Å². The first kappa shape index (κ1) is 14.9. The fourth-order valence-corrected chi connectivity index (χ4v) is 4.31. The molecule has 3 rings (SSSR count). The second-order valence-corrected chi connectivity index (χ2v) is 7.43. The fraction of sp³-hybridized carbons (Fsp3) is 0.588. The number of hydrogen-bond donors (Lipinski definition) is 2. The maximum absolute atomic E-state index is 12.1. The minimum Gasteiger partial charge on any atom is -0.368 e. The van der Waals surface area contributed by atoms with Crippen LogP contribution in [0.25, 0.3) is 0 Å². The van der Waals surface area contributed by atoms with Gasteiger partial charge in [-0.2, -0.15) is 11.8 Å². The molecule has 2 saturated carbocycles. The molecule has 1 unspecified atom stereocenters. The van der Waals surface area contributed by atoms with E-state index in [1.54, 1.807) is 0 Å². The molecule has 2 aliphatic rings. The Labute approximate surface area is 131 Å². The molecule has 1 aromatic rings. The van der Waals surface area contributed by atoms with E-state index in [4.69, 9.17) is 5.73 Å². The lowest BCUT2D eigenvalue weighted by atomic mass is 9.94. The van der Waals surface area contributed by atoms with Gasteiger partial charge in [0.05, 0.1) is 0 Å². The maximum atomic E-state index is 12.1. The maximum Gasteiger partial charge on any atom is 0.238 e. The number of primary amides is 1. The van der Waals surface area contributed by atoms with Crippen molar-refractivity contribution in [1.29, 1.82) is 0 Å². The Morgan fingerprint density at radius 1 is 1.33 bits per heavy atom. The number of hydrogen-bond acceptors (Lipinski definition) is 3. The number of amides is 1. The van der Waals surface area contributed by atoms with Crippen molar-refractivity contribution >= 4 is 17.7 Å². The quantitative estimate of drug-likeness (QED) is 0.776. The van der Waals surface area contributed by atoms with Gasteiger partial charge in [-0.05, 0) is 49.7 Å². The lowest BCUT2D eigenvalue weighted by Crippen LogP contribution is -2.60. The molecule has 4 heteroatoms. The number of carbonyl (C=O) groups is 1. The first-order valence-corrected chi connectivity index (χ1v) is 8.97. The molecule has 21 heavy (non-hydrogen) atoms. The average molecular weight is 304 g/mol. The van der Waals surface area contributed by atoms with Crippen LogP contribution in [0.4, 0.5) is 0 Å². The van der Waals surface area contributed by atoms with Crippen molar-refractivity contribution in [2.24, 2.45) is 11.7 Å². The predicted octanol–water partition coefficient (Wildman–Crippen LogP) is 2.61. The smallest absolute Gasteiger partial charge is 0.238 e. The molecule has 114 valence electrons. The Morgan fingerprint density at radius 2 is 2.05 bits per heavy atom. The minimum absolute atomic E-state index is 0.158. The summed E-state index contributed by atoms with van der Waals surface area (Å²) in [5.41, 5.74) is 7.97. The van der Waals surface area contributed by atoms with E-state index in [2.05, 4.69) is 36.5 Å². The van der Waals surface area contributed by atoms with Crippen LogP contribution in [-0.2, 0) is 10.5 Å². The molecule has 1 amide bonds. The minimum atomic E-state index is -0.478. The highest BCUT2D eigenvalue weighted by atomic mass is 32.2.